The average Bonchev–Trinajstić information content (AvgIpc) is 3.30. The highest BCUT2D eigenvalue weighted by molar-refractivity contribution is 6.30. The molecule has 1 aromatic heterocycles. The zero-order valence-electron chi connectivity index (χ0n) is 19.8. The summed E-state index contributed by atoms with van der Waals surface area (Å²) in [6.07, 6.45) is -0.212. The number of carboxylic acids is 1. The molecule has 0 fully saturated rings. The van der Waals surface area contributed by atoms with Crippen molar-refractivity contribution < 1.29 is 28.7 Å². The van der Waals surface area contributed by atoms with Gasteiger partial charge in [-0.3, -0.25) is 9.69 Å². The number of benzene rings is 2. The quantitative estimate of drug-likeness (QED) is 0.378. The Morgan fingerprint density at radius 1 is 1.09 bits per heavy atom. The molecular formula is C25H28ClN3O6. The molecule has 0 unspecified atom stereocenters. The van der Waals surface area contributed by atoms with E-state index in [1.165, 1.54) is 4.90 Å². The summed E-state index contributed by atoms with van der Waals surface area (Å²) in [4.78, 5) is 29.3. The van der Waals surface area contributed by atoms with E-state index in [1.54, 1.807) is 55.5 Å². The Balaban J connectivity index is 1.55. The molecule has 0 saturated carbocycles. The van der Waals surface area contributed by atoms with Gasteiger partial charge >= 0.3 is 12.1 Å². The lowest BCUT2D eigenvalue weighted by Gasteiger charge is -2.27. The Morgan fingerprint density at radius 3 is 2.40 bits per heavy atom. The predicted octanol–water partition coefficient (Wildman–Crippen LogP) is 5.25. The number of nitrogens with zero attached hydrogens (tertiary/aromatic N) is 3. The summed E-state index contributed by atoms with van der Waals surface area (Å²) < 4.78 is 16.3. The fourth-order valence-electron chi connectivity index (χ4n) is 3.17. The SMILES string of the molecule is CC(C)COC(=O)N(CC(=O)O)[C@@H](C)c1ccc(OCCc2noc(-c3ccc(Cl)cc3)n2)cc1. The van der Waals surface area contributed by atoms with Gasteiger partial charge in [-0.25, -0.2) is 4.79 Å². The smallest absolute Gasteiger partial charge is 0.410 e. The molecule has 0 bridgehead atoms. The first kappa shape index (κ1) is 26.0. The maximum absolute atomic E-state index is 12.4. The summed E-state index contributed by atoms with van der Waals surface area (Å²) in [6, 6.07) is 13.7. The minimum absolute atomic E-state index is 0.147. The Hall–Kier alpha value is -3.59. The highest BCUT2D eigenvalue weighted by Gasteiger charge is 2.25. The molecule has 1 atom stereocenters. The number of carbonyl (C=O) groups excluding carboxylic acids is 1. The van der Waals surface area contributed by atoms with Crippen molar-refractivity contribution in [1.29, 1.82) is 0 Å². The Labute approximate surface area is 208 Å². The summed E-state index contributed by atoms with van der Waals surface area (Å²) in [5.41, 5.74) is 1.54. The summed E-state index contributed by atoms with van der Waals surface area (Å²) in [5.74, 6) is 0.583. The molecule has 35 heavy (non-hydrogen) atoms. The molecule has 0 aliphatic heterocycles. The number of halogens is 1. The molecular weight excluding hydrogens is 474 g/mol. The lowest BCUT2D eigenvalue weighted by Crippen LogP contribution is -2.38. The number of rotatable bonds is 11. The van der Waals surface area contributed by atoms with Crippen molar-refractivity contribution in [1.82, 2.24) is 15.0 Å². The number of carboxylic acid groups (broad SMARTS) is 1. The van der Waals surface area contributed by atoms with Crippen molar-refractivity contribution in [3.8, 4) is 17.2 Å². The standard InChI is InChI=1S/C25H28ClN3O6/c1-16(2)15-34-25(32)29(14-23(30)31)17(3)18-6-10-21(11-7-18)33-13-12-22-27-24(35-28-22)19-4-8-20(26)9-5-19/h4-11,16-17H,12-15H2,1-3H3,(H,30,31)/t17-/m0/s1. The number of carbonyl (C=O) groups is 2. The van der Waals surface area contributed by atoms with Crippen LogP contribution in [0.1, 0.15) is 38.2 Å². The monoisotopic (exact) mass is 501 g/mol. The van der Waals surface area contributed by atoms with Gasteiger partial charge in [0, 0.05) is 17.0 Å². The van der Waals surface area contributed by atoms with Gasteiger partial charge in [-0.15, -0.1) is 0 Å². The number of aromatic nitrogens is 2. The summed E-state index contributed by atoms with van der Waals surface area (Å²) in [5, 5.41) is 13.8. The van der Waals surface area contributed by atoms with E-state index in [9.17, 15) is 14.7 Å². The summed E-state index contributed by atoms with van der Waals surface area (Å²) in [7, 11) is 0. The number of hydrogen-bond acceptors (Lipinski definition) is 7. The molecule has 3 rings (SSSR count). The number of hydrogen-bond donors (Lipinski definition) is 1. The van der Waals surface area contributed by atoms with Crippen molar-refractivity contribution in [2.75, 3.05) is 19.8 Å². The Morgan fingerprint density at radius 2 is 1.77 bits per heavy atom. The van der Waals surface area contributed by atoms with Crippen molar-refractivity contribution >= 4 is 23.7 Å². The third-order valence-electron chi connectivity index (χ3n) is 5.06. The van der Waals surface area contributed by atoms with Gasteiger partial charge in [0.1, 0.15) is 12.3 Å². The second kappa shape index (κ2) is 12.2. The van der Waals surface area contributed by atoms with E-state index in [4.69, 9.17) is 25.6 Å². The zero-order chi connectivity index (χ0) is 25.4. The second-order valence-corrected chi connectivity index (χ2v) is 8.79. The number of aliphatic carboxylic acids is 1. The molecule has 3 aromatic rings. The van der Waals surface area contributed by atoms with Crippen LogP contribution in [0.15, 0.2) is 53.1 Å². The zero-order valence-corrected chi connectivity index (χ0v) is 20.6. The summed E-state index contributed by atoms with van der Waals surface area (Å²) in [6.45, 7) is 5.67. The van der Waals surface area contributed by atoms with Crippen LogP contribution >= 0.6 is 11.6 Å². The molecule has 1 amide bonds. The molecule has 1 heterocycles. The highest BCUT2D eigenvalue weighted by atomic mass is 35.5. The molecule has 0 aliphatic rings. The van der Waals surface area contributed by atoms with Crippen molar-refractivity contribution in [3.05, 3.63) is 64.9 Å². The normalized spacial score (nSPS) is 11.8. The Kier molecular flexibility index (Phi) is 9.08. The van der Waals surface area contributed by atoms with E-state index in [1.807, 2.05) is 13.8 Å². The topological polar surface area (TPSA) is 115 Å². The minimum atomic E-state index is -1.11. The van der Waals surface area contributed by atoms with Crippen molar-refractivity contribution in [2.24, 2.45) is 5.92 Å². The van der Waals surface area contributed by atoms with E-state index in [0.717, 1.165) is 11.1 Å². The summed E-state index contributed by atoms with van der Waals surface area (Å²) >= 11 is 5.90. The van der Waals surface area contributed by atoms with Crippen LogP contribution in [0.2, 0.25) is 5.02 Å². The van der Waals surface area contributed by atoms with Crippen LogP contribution in [0.25, 0.3) is 11.5 Å². The first-order valence-corrected chi connectivity index (χ1v) is 11.6. The minimum Gasteiger partial charge on any atom is -0.493 e. The van der Waals surface area contributed by atoms with Gasteiger partial charge in [0.15, 0.2) is 5.82 Å². The fourth-order valence-corrected chi connectivity index (χ4v) is 3.30. The van der Waals surface area contributed by atoms with Crippen LogP contribution in [0.4, 0.5) is 4.79 Å². The molecule has 0 saturated heterocycles. The van der Waals surface area contributed by atoms with Gasteiger partial charge in [0.05, 0.1) is 19.3 Å². The van der Waals surface area contributed by atoms with E-state index >= 15 is 0 Å². The maximum atomic E-state index is 12.4. The lowest BCUT2D eigenvalue weighted by atomic mass is 10.1. The molecule has 0 spiro atoms. The molecule has 0 radical (unpaired) electrons. The average molecular weight is 502 g/mol. The predicted molar refractivity (Wildman–Crippen MR) is 129 cm³/mol. The van der Waals surface area contributed by atoms with Crippen LogP contribution in [-0.2, 0) is 16.0 Å². The first-order valence-electron chi connectivity index (χ1n) is 11.2. The molecule has 2 aromatic carbocycles. The first-order chi connectivity index (χ1) is 16.7. The largest absolute Gasteiger partial charge is 0.493 e. The van der Waals surface area contributed by atoms with Crippen LogP contribution < -0.4 is 4.74 Å². The Bertz CT molecular complexity index is 1110. The van der Waals surface area contributed by atoms with Gasteiger partial charge < -0.3 is 19.1 Å². The molecule has 186 valence electrons. The lowest BCUT2D eigenvalue weighted by molar-refractivity contribution is -0.138. The molecule has 1 N–H and O–H groups in total. The third-order valence-corrected chi connectivity index (χ3v) is 5.32. The number of ether oxygens (including phenoxy) is 2. The maximum Gasteiger partial charge on any atom is 0.410 e. The molecule has 10 heteroatoms. The fraction of sp³-hybridized carbons (Fsp3) is 0.360. The molecule has 9 nitrogen and oxygen atoms in total. The highest BCUT2D eigenvalue weighted by Crippen LogP contribution is 2.24. The van der Waals surface area contributed by atoms with Gasteiger partial charge in [-0.1, -0.05) is 42.7 Å². The van der Waals surface area contributed by atoms with Crippen molar-refractivity contribution in [3.63, 3.8) is 0 Å². The molecule has 0 aliphatic carbocycles. The van der Waals surface area contributed by atoms with Crippen molar-refractivity contribution in [2.45, 2.75) is 33.2 Å². The van der Waals surface area contributed by atoms with E-state index in [-0.39, 0.29) is 12.5 Å². The van der Waals surface area contributed by atoms with Crippen LogP contribution in [0, 0.1) is 5.92 Å². The van der Waals surface area contributed by atoms with E-state index < -0.39 is 24.6 Å². The van der Waals surface area contributed by atoms with Gasteiger partial charge in [-0.2, -0.15) is 4.98 Å². The van der Waals surface area contributed by atoms with Crippen LogP contribution in [0.5, 0.6) is 5.75 Å². The third kappa shape index (κ3) is 7.71. The second-order valence-electron chi connectivity index (χ2n) is 8.36. The van der Waals surface area contributed by atoms with E-state index in [2.05, 4.69) is 10.1 Å². The number of amides is 1. The van der Waals surface area contributed by atoms with Gasteiger partial charge in [0.2, 0.25) is 0 Å². The van der Waals surface area contributed by atoms with Crippen LogP contribution in [-0.4, -0.2) is 52.0 Å². The van der Waals surface area contributed by atoms with Gasteiger partial charge in [0.25, 0.3) is 5.89 Å². The van der Waals surface area contributed by atoms with Crippen LogP contribution in [0.3, 0.4) is 0 Å². The van der Waals surface area contributed by atoms with E-state index in [0.29, 0.717) is 35.5 Å². The van der Waals surface area contributed by atoms with Gasteiger partial charge in [-0.05, 0) is 54.8 Å².